The number of rotatable bonds is 4. The van der Waals surface area contributed by atoms with Gasteiger partial charge >= 0.3 is 77.8 Å². The van der Waals surface area contributed by atoms with Crippen molar-refractivity contribution in [3.8, 4) is 11.5 Å². The van der Waals surface area contributed by atoms with Gasteiger partial charge in [0.25, 0.3) is 0 Å². The standard InChI is InChI=1S/C19H9F3O6.C16H6O7.C8H4O6/c1-18(19(20,21)22,8-2-4-10-12(6-8)16(25)27-14(10)23)9-3-5-11-13(7-9)17(26)28-15(11)24;17-13-9-3-1-7(5-11(9)15(19)22-13)21-8-2-4-10-12(6-8)16(20)23-14(10)18;9-5-1-2(6(10)13-5)4-3(1)7(11)14-8(4)12/h2-7H,1H3;1-6H;1-4H. The number of ether oxygens (including phenoxy) is 7. The monoisotopic (exact) mass is 896 g/mol. The summed E-state index contributed by atoms with van der Waals surface area (Å²) in [4.78, 5) is 137. The lowest BCUT2D eigenvalue weighted by Crippen LogP contribution is -2.50. The highest BCUT2D eigenvalue weighted by Crippen LogP contribution is 2.55. The van der Waals surface area contributed by atoms with Crippen molar-refractivity contribution in [2.45, 2.75) is 18.5 Å². The number of esters is 12. The van der Waals surface area contributed by atoms with E-state index in [9.17, 15) is 70.7 Å². The van der Waals surface area contributed by atoms with Crippen molar-refractivity contribution >= 4 is 71.6 Å². The second kappa shape index (κ2) is 14.4. The van der Waals surface area contributed by atoms with Crippen molar-refractivity contribution in [2.75, 3.05) is 0 Å². The Morgan fingerprint density at radius 2 is 0.631 bits per heavy atom. The maximum Gasteiger partial charge on any atom is 0.402 e. The summed E-state index contributed by atoms with van der Waals surface area (Å²) in [5, 5.41) is 0. The predicted molar refractivity (Wildman–Crippen MR) is 193 cm³/mol. The van der Waals surface area contributed by atoms with Crippen molar-refractivity contribution in [3.05, 3.63) is 128 Å². The van der Waals surface area contributed by atoms with Gasteiger partial charge in [-0.05, 0) is 78.7 Å². The SMILES string of the molecule is CC(c1ccc2c(c1)C(=O)OC2=O)(c1ccc2c(c1)C(=O)OC2=O)C(F)(F)F.O=C1OC(=O)C2C1C1C(=O)OC(=O)C21.O=C1OC(=O)c2cc(Oc3ccc4c(c3)C(=O)OC4=O)ccc21. The zero-order valence-corrected chi connectivity index (χ0v) is 32.1. The Balaban J connectivity index is 0.000000129. The summed E-state index contributed by atoms with van der Waals surface area (Å²) in [7, 11) is 0. The second-order valence-corrected chi connectivity index (χ2v) is 15.0. The minimum absolute atomic E-state index is 0.114. The summed E-state index contributed by atoms with van der Waals surface area (Å²) in [5.74, 6) is -12.2. The molecule has 7 aliphatic rings. The Kier molecular flexibility index (Phi) is 9.25. The minimum atomic E-state index is -4.84. The molecule has 11 rings (SSSR count). The van der Waals surface area contributed by atoms with E-state index in [1.807, 2.05) is 0 Å². The van der Waals surface area contributed by atoms with Gasteiger partial charge in [0, 0.05) is 0 Å². The topological polar surface area (TPSA) is 269 Å². The van der Waals surface area contributed by atoms with Gasteiger partial charge in [0.1, 0.15) is 16.9 Å². The molecule has 3 fully saturated rings. The molecule has 0 spiro atoms. The number of hydrogen-bond donors (Lipinski definition) is 0. The number of benzene rings is 4. The molecule has 0 atom stereocenters. The first kappa shape index (κ1) is 41.7. The van der Waals surface area contributed by atoms with E-state index in [1.54, 1.807) is 0 Å². The molecule has 326 valence electrons. The molecule has 0 N–H and O–H groups in total. The van der Waals surface area contributed by atoms with E-state index < -0.39 is 107 Å². The van der Waals surface area contributed by atoms with Crippen LogP contribution in [0.1, 0.15) is 101 Å². The molecule has 22 heteroatoms. The first-order valence-corrected chi connectivity index (χ1v) is 18.6. The average molecular weight is 897 g/mol. The number of halogens is 3. The smallest absolute Gasteiger partial charge is 0.402 e. The molecule has 6 aliphatic heterocycles. The number of carbonyl (C=O) groups excluding carboxylic acids is 12. The predicted octanol–water partition coefficient (Wildman–Crippen LogP) is 3.91. The van der Waals surface area contributed by atoms with Crippen LogP contribution in [0.15, 0.2) is 72.8 Å². The first-order valence-electron chi connectivity index (χ1n) is 18.6. The third kappa shape index (κ3) is 6.43. The summed E-state index contributed by atoms with van der Waals surface area (Å²) in [6.07, 6.45) is -4.84. The quantitative estimate of drug-likeness (QED) is 0.160. The summed E-state index contributed by atoms with van der Waals surface area (Å²) >= 11 is 0. The molecule has 0 amide bonds. The lowest BCUT2D eigenvalue weighted by Gasteiger charge is -2.33. The van der Waals surface area contributed by atoms with Crippen LogP contribution in [0.5, 0.6) is 11.5 Å². The van der Waals surface area contributed by atoms with Gasteiger partial charge in [-0.1, -0.05) is 12.1 Å². The highest BCUT2D eigenvalue weighted by Gasteiger charge is 2.72. The van der Waals surface area contributed by atoms with Crippen LogP contribution >= 0.6 is 0 Å². The largest absolute Gasteiger partial charge is 0.457 e. The Labute approximate surface area is 357 Å². The number of hydrogen-bond acceptors (Lipinski definition) is 19. The van der Waals surface area contributed by atoms with Crippen LogP contribution in [-0.2, 0) is 53.0 Å². The van der Waals surface area contributed by atoms with Gasteiger partial charge in [0.2, 0.25) is 0 Å². The van der Waals surface area contributed by atoms with Crippen LogP contribution in [-0.4, -0.2) is 77.8 Å². The Morgan fingerprint density at radius 3 is 0.923 bits per heavy atom. The van der Waals surface area contributed by atoms with Crippen molar-refractivity contribution in [1.29, 1.82) is 0 Å². The van der Waals surface area contributed by atoms with E-state index in [-0.39, 0.29) is 67.1 Å². The highest BCUT2D eigenvalue weighted by molar-refractivity contribution is 6.17. The molecule has 19 nitrogen and oxygen atoms in total. The lowest BCUT2D eigenvalue weighted by molar-refractivity contribution is -0.173. The van der Waals surface area contributed by atoms with E-state index in [1.165, 1.54) is 36.4 Å². The van der Waals surface area contributed by atoms with E-state index in [4.69, 9.17) is 4.74 Å². The molecule has 4 aromatic rings. The summed E-state index contributed by atoms with van der Waals surface area (Å²) in [6.45, 7) is 0.876. The van der Waals surface area contributed by atoms with Gasteiger partial charge in [-0.15, -0.1) is 0 Å². The van der Waals surface area contributed by atoms with Gasteiger partial charge in [-0.2, -0.15) is 13.2 Å². The van der Waals surface area contributed by atoms with Crippen LogP contribution in [0.25, 0.3) is 0 Å². The van der Waals surface area contributed by atoms with Crippen molar-refractivity contribution < 1.29 is 104 Å². The maximum absolute atomic E-state index is 14.2. The Morgan fingerprint density at radius 1 is 0.369 bits per heavy atom. The summed E-state index contributed by atoms with van der Waals surface area (Å²) in [5.41, 5.74) is -3.52. The van der Waals surface area contributed by atoms with E-state index in [2.05, 4.69) is 28.4 Å². The average Bonchev–Trinajstić information content (AvgIpc) is 4.00. The Hall–Kier alpha value is -8.69. The maximum atomic E-state index is 14.2. The van der Waals surface area contributed by atoms with Crippen molar-refractivity contribution in [3.63, 3.8) is 0 Å². The fourth-order valence-electron chi connectivity index (χ4n) is 8.07. The van der Waals surface area contributed by atoms with Crippen LogP contribution in [0.2, 0.25) is 0 Å². The van der Waals surface area contributed by atoms with Crippen LogP contribution in [0.3, 0.4) is 0 Å². The summed E-state index contributed by atoms with van der Waals surface area (Å²) < 4.78 is 74.5. The fourth-order valence-corrected chi connectivity index (χ4v) is 8.07. The number of alkyl halides is 3. The molecular weight excluding hydrogens is 877 g/mol. The lowest BCUT2D eigenvalue weighted by atomic mass is 9.59. The third-order valence-corrected chi connectivity index (χ3v) is 11.5. The van der Waals surface area contributed by atoms with Gasteiger partial charge in [0.15, 0.2) is 0 Å². The number of carbonyl (C=O) groups is 12. The molecule has 0 bridgehead atoms. The van der Waals surface area contributed by atoms with E-state index >= 15 is 0 Å². The number of fused-ring (bicyclic) bond motifs is 8. The van der Waals surface area contributed by atoms with Crippen molar-refractivity contribution in [2.24, 2.45) is 23.7 Å². The van der Waals surface area contributed by atoms with Gasteiger partial charge < -0.3 is 33.2 Å². The zero-order chi connectivity index (χ0) is 46.6. The molecule has 65 heavy (non-hydrogen) atoms. The van der Waals surface area contributed by atoms with E-state index in [0.717, 1.165) is 43.3 Å². The van der Waals surface area contributed by atoms with Gasteiger partial charge in [-0.25, -0.2) is 38.4 Å². The van der Waals surface area contributed by atoms with Crippen LogP contribution in [0, 0.1) is 23.7 Å². The van der Waals surface area contributed by atoms with E-state index in [0.29, 0.717) is 0 Å². The zero-order valence-electron chi connectivity index (χ0n) is 32.1. The molecule has 4 aromatic carbocycles. The van der Waals surface area contributed by atoms with Crippen LogP contribution < -0.4 is 4.74 Å². The molecule has 0 unspecified atom stereocenters. The Bertz CT molecular complexity index is 2800. The molecule has 2 saturated heterocycles. The summed E-state index contributed by atoms with van der Waals surface area (Å²) in [6, 6.07) is 14.8. The first-order chi connectivity index (χ1) is 30.7. The van der Waals surface area contributed by atoms with Gasteiger partial charge in [-0.3, -0.25) is 19.2 Å². The number of cyclic esters (lactones) is 12. The van der Waals surface area contributed by atoms with Gasteiger partial charge in [0.05, 0.1) is 68.2 Å². The normalized spacial score (nSPS) is 21.7. The van der Waals surface area contributed by atoms with Crippen LogP contribution in [0.4, 0.5) is 13.2 Å². The molecule has 1 aliphatic carbocycles. The molecule has 0 aromatic heterocycles. The second-order valence-electron chi connectivity index (χ2n) is 15.0. The fraction of sp³-hybridized carbons (Fsp3) is 0.163. The molecular formula is C43H19F3O19. The van der Waals surface area contributed by atoms with Crippen molar-refractivity contribution in [1.82, 2.24) is 0 Å². The molecule has 0 radical (unpaired) electrons. The third-order valence-electron chi connectivity index (χ3n) is 11.5. The minimum Gasteiger partial charge on any atom is -0.457 e. The highest BCUT2D eigenvalue weighted by atomic mass is 19.4. The molecule has 6 heterocycles. The molecule has 1 saturated carbocycles.